The van der Waals surface area contributed by atoms with Gasteiger partial charge in [-0.1, -0.05) is 12.2 Å². The Morgan fingerprint density at radius 1 is 1.33 bits per heavy atom. The lowest BCUT2D eigenvalue weighted by molar-refractivity contribution is -0.112. The Kier molecular flexibility index (Phi) is 2.85. The number of ketones is 1. The summed E-state index contributed by atoms with van der Waals surface area (Å²) in [5, 5.41) is 0. The number of Topliss-reactive ketones (excluding diaryl/α,β-unsaturated/α-hetero) is 1. The van der Waals surface area contributed by atoms with Gasteiger partial charge >= 0.3 is 0 Å². The molecule has 66 valence electrons. The first-order valence-electron chi connectivity index (χ1n) is 4.51. The largest absolute Gasteiger partial charge is 0.289 e. The van der Waals surface area contributed by atoms with Crippen molar-refractivity contribution < 1.29 is 4.79 Å². The van der Waals surface area contributed by atoms with Gasteiger partial charge in [-0.3, -0.25) is 4.79 Å². The van der Waals surface area contributed by atoms with Gasteiger partial charge in [-0.2, -0.15) is 0 Å². The Balaban J connectivity index is 2.85. The summed E-state index contributed by atoms with van der Waals surface area (Å²) in [6, 6.07) is 0. The van der Waals surface area contributed by atoms with Crippen LogP contribution in [0.5, 0.6) is 0 Å². The quantitative estimate of drug-likeness (QED) is 0.573. The molecule has 12 heavy (non-hydrogen) atoms. The van der Waals surface area contributed by atoms with Crippen LogP contribution < -0.4 is 0 Å². The highest BCUT2D eigenvalue weighted by Gasteiger charge is 2.16. The van der Waals surface area contributed by atoms with Crippen molar-refractivity contribution in [3.8, 4) is 0 Å². The van der Waals surface area contributed by atoms with Crippen LogP contribution in [0.1, 0.15) is 39.5 Å². The van der Waals surface area contributed by atoms with E-state index >= 15 is 0 Å². The van der Waals surface area contributed by atoms with Gasteiger partial charge in [-0.05, 0) is 50.7 Å². The summed E-state index contributed by atoms with van der Waals surface area (Å²) in [5.74, 6) is 0.173. The van der Waals surface area contributed by atoms with Gasteiger partial charge in [-0.15, -0.1) is 0 Å². The van der Waals surface area contributed by atoms with Gasteiger partial charge in [0.15, 0.2) is 5.78 Å². The minimum absolute atomic E-state index is 0.173. The predicted molar refractivity (Wildman–Crippen MR) is 51.0 cm³/mol. The monoisotopic (exact) mass is 164 g/mol. The van der Waals surface area contributed by atoms with Gasteiger partial charge in [0, 0.05) is 0 Å². The third-order valence-electron chi connectivity index (χ3n) is 2.41. The average Bonchev–Trinajstić information content (AvgIpc) is 2.04. The van der Waals surface area contributed by atoms with Crippen LogP contribution in [-0.4, -0.2) is 5.78 Å². The summed E-state index contributed by atoms with van der Waals surface area (Å²) >= 11 is 0. The van der Waals surface area contributed by atoms with Crippen molar-refractivity contribution in [2.24, 2.45) is 0 Å². The second-order valence-corrected chi connectivity index (χ2v) is 3.58. The molecule has 1 nitrogen and oxygen atoms in total. The molecule has 0 N–H and O–H groups in total. The van der Waals surface area contributed by atoms with Crippen LogP contribution in [0.25, 0.3) is 0 Å². The van der Waals surface area contributed by atoms with Gasteiger partial charge in [-0.25, -0.2) is 0 Å². The van der Waals surface area contributed by atoms with Crippen LogP contribution in [0.15, 0.2) is 23.3 Å². The third kappa shape index (κ3) is 1.84. The van der Waals surface area contributed by atoms with Crippen LogP contribution in [-0.2, 0) is 4.79 Å². The number of hydrogen-bond acceptors (Lipinski definition) is 1. The predicted octanol–water partition coefficient (Wildman–Crippen LogP) is 3.02. The van der Waals surface area contributed by atoms with E-state index < -0.39 is 0 Å². The summed E-state index contributed by atoms with van der Waals surface area (Å²) < 4.78 is 0. The molecule has 1 aliphatic carbocycles. The fraction of sp³-hybridized carbons (Fsp3) is 0.545. The van der Waals surface area contributed by atoms with Crippen molar-refractivity contribution in [2.75, 3.05) is 0 Å². The van der Waals surface area contributed by atoms with E-state index in [9.17, 15) is 4.79 Å². The zero-order valence-corrected chi connectivity index (χ0v) is 7.94. The molecule has 0 unspecified atom stereocenters. The van der Waals surface area contributed by atoms with E-state index in [2.05, 4.69) is 13.5 Å². The van der Waals surface area contributed by atoms with Crippen molar-refractivity contribution >= 4 is 5.78 Å². The summed E-state index contributed by atoms with van der Waals surface area (Å²) in [6.45, 7) is 7.53. The molecule has 0 bridgehead atoms. The normalized spacial score (nSPS) is 17.8. The number of hydrogen-bond donors (Lipinski definition) is 0. The lowest BCUT2D eigenvalue weighted by Crippen LogP contribution is -2.09. The molecule has 0 aromatic heterocycles. The van der Waals surface area contributed by atoms with E-state index in [1.165, 1.54) is 12.0 Å². The van der Waals surface area contributed by atoms with Crippen molar-refractivity contribution in [2.45, 2.75) is 39.5 Å². The van der Waals surface area contributed by atoms with E-state index in [4.69, 9.17) is 0 Å². The topological polar surface area (TPSA) is 17.1 Å². The second kappa shape index (κ2) is 3.70. The molecule has 1 heteroatoms. The zero-order chi connectivity index (χ0) is 9.14. The molecule has 1 rings (SSSR count). The number of carbonyl (C=O) groups excluding carboxylic acids is 1. The Hall–Kier alpha value is -0.850. The molecule has 0 atom stereocenters. The van der Waals surface area contributed by atoms with Crippen molar-refractivity contribution in [1.29, 1.82) is 0 Å². The van der Waals surface area contributed by atoms with Gasteiger partial charge in [0.1, 0.15) is 0 Å². The fourth-order valence-electron chi connectivity index (χ4n) is 1.62. The Bertz CT molecular complexity index is 243. The van der Waals surface area contributed by atoms with Crippen molar-refractivity contribution in [3.63, 3.8) is 0 Å². The fourth-order valence-corrected chi connectivity index (χ4v) is 1.62. The molecule has 0 saturated heterocycles. The molecule has 0 amide bonds. The van der Waals surface area contributed by atoms with Crippen molar-refractivity contribution in [1.82, 2.24) is 0 Å². The summed E-state index contributed by atoms with van der Waals surface area (Å²) in [7, 11) is 0. The van der Waals surface area contributed by atoms with Gasteiger partial charge in [0.05, 0.1) is 0 Å². The Morgan fingerprint density at radius 3 is 2.42 bits per heavy atom. The molecular weight excluding hydrogens is 148 g/mol. The van der Waals surface area contributed by atoms with E-state index in [0.717, 1.165) is 24.8 Å². The van der Waals surface area contributed by atoms with Crippen LogP contribution in [0.2, 0.25) is 0 Å². The molecule has 0 radical (unpaired) electrons. The lowest BCUT2D eigenvalue weighted by atomic mass is 9.88. The lowest BCUT2D eigenvalue weighted by Gasteiger charge is -2.16. The molecular formula is C11H16O. The van der Waals surface area contributed by atoms with E-state index in [1.54, 1.807) is 6.92 Å². The molecule has 0 aromatic carbocycles. The molecule has 0 aromatic rings. The Morgan fingerprint density at radius 2 is 1.92 bits per heavy atom. The second-order valence-electron chi connectivity index (χ2n) is 3.58. The molecule has 0 aliphatic heterocycles. The van der Waals surface area contributed by atoms with Gasteiger partial charge in [0.2, 0.25) is 0 Å². The Labute approximate surface area is 74.2 Å². The number of rotatable bonds is 2. The average molecular weight is 164 g/mol. The van der Waals surface area contributed by atoms with Crippen molar-refractivity contribution in [3.05, 3.63) is 23.3 Å². The highest BCUT2D eigenvalue weighted by atomic mass is 16.1. The molecule has 1 aliphatic rings. The maximum Gasteiger partial charge on any atom is 0.184 e. The number of allylic oxidation sites excluding steroid dienone is 3. The first-order valence-corrected chi connectivity index (χ1v) is 4.51. The minimum Gasteiger partial charge on any atom is -0.289 e. The summed E-state index contributed by atoms with van der Waals surface area (Å²) in [5.41, 5.74) is 2.97. The van der Waals surface area contributed by atoms with E-state index in [0.29, 0.717) is 5.57 Å². The van der Waals surface area contributed by atoms with E-state index in [-0.39, 0.29) is 5.78 Å². The SMILES string of the molecule is C=C(C)C(=O)C1=C(C)CCCC1. The zero-order valence-electron chi connectivity index (χ0n) is 7.94. The summed E-state index contributed by atoms with van der Waals surface area (Å²) in [6.07, 6.45) is 4.44. The minimum atomic E-state index is 0.173. The van der Waals surface area contributed by atoms with Crippen LogP contribution >= 0.6 is 0 Å². The first-order chi connectivity index (χ1) is 5.63. The molecule has 0 heterocycles. The van der Waals surface area contributed by atoms with Crippen LogP contribution in [0.3, 0.4) is 0 Å². The highest BCUT2D eigenvalue weighted by molar-refractivity contribution is 6.07. The number of carbonyl (C=O) groups is 1. The first kappa shape index (κ1) is 9.24. The summed E-state index contributed by atoms with van der Waals surface area (Å²) in [4.78, 5) is 11.6. The standard InChI is InChI=1S/C11H16O/c1-8(2)11(12)10-7-5-4-6-9(10)3/h1,4-7H2,2-3H3. The van der Waals surface area contributed by atoms with Gasteiger partial charge in [0.25, 0.3) is 0 Å². The molecule has 0 spiro atoms. The van der Waals surface area contributed by atoms with Crippen LogP contribution in [0, 0.1) is 0 Å². The maximum absolute atomic E-state index is 11.6. The van der Waals surface area contributed by atoms with Crippen LogP contribution in [0.4, 0.5) is 0 Å². The molecule has 0 saturated carbocycles. The van der Waals surface area contributed by atoms with Gasteiger partial charge < -0.3 is 0 Å². The van der Waals surface area contributed by atoms with E-state index in [1.807, 2.05) is 0 Å². The highest BCUT2D eigenvalue weighted by Crippen LogP contribution is 2.26. The third-order valence-corrected chi connectivity index (χ3v) is 2.41. The smallest absolute Gasteiger partial charge is 0.184 e. The maximum atomic E-state index is 11.6. The molecule has 0 fully saturated rings.